The second-order valence-electron chi connectivity index (χ2n) is 6.65. The van der Waals surface area contributed by atoms with Gasteiger partial charge in [0.2, 0.25) is 0 Å². The first-order chi connectivity index (χ1) is 14.2. The van der Waals surface area contributed by atoms with Crippen LogP contribution in [0.5, 0.6) is 0 Å². The molecule has 1 unspecified atom stereocenters. The average Bonchev–Trinajstić information content (AvgIpc) is 2.65. The van der Waals surface area contributed by atoms with Crippen LogP contribution in [0.15, 0.2) is 0 Å². The normalized spacial score (nSPS) is 42.7. The molecule has 0 aromatic carbocycles. The maximum absolute atomic E-state index is 11.9. The molecule has 2 rings (SSSR count). The Morgan fingerprint density at radius 2 is 1.28 bits per heavy atom. The monoisotopic (exact) mass is 544 g/mol. The van der Waals surface area contributed by atoms with E-state index in [0.29, 0.717) is 0 Å². The first-order valence-electron chi connectivity index (χ1n) is 8.57. The summed E-state index contributed by atoms with van der Waals surface area (Å²) in [5.41, 5.74) is 0. The zero-order valence-corrected chi connectivity index (χ0v) is 17.2. The number of phosphoric acid groups is 2. The molecule has 2 heterocycles. The van der Waals surface area contributed by atoms with Crippen LogP contribution in [-0.2, 0) is 32.2 Å². The first-order valence-corrected chi connectivity index (χ1v) is 11.6. The van der Waals surface area contributed by atoms with Gasteiger partial charge in [-0.15, -0.1) is 0 Å². The van der Waals surface area contributed by atoms with Crippen molar-refractivity contribution in [3.8, 4) is 0 Å². The predicted octanol–water partition coefficient (Wildman–Crippen LogP) is -6.08. The molecule has 2 aliphatic rings. The van der Waals surface area contributed by atoms with Crippen LogP contribution in [0.1, 0.15) is 0 Å². The summed E-state index contributed by atoms with van der Waals surface area (Å²) in [6, 6.07) is 0. The first kappa shape index (κ1) is 31.1. The number of aliphatic hydroxyl groups excluding tert-OH is 7. The molecule has 20 heteroatoms. The third kappa shape index (κ3) is 7.81. The van der Waals surface area contributed by atoms with E-state index in [1.807, 2.05) is 0 Å². The maximum atomic E-state index is 11.9. The van der Waals surface area contributed by atoms with Gasteiger partial charge in [-0.1, -0.05) is 0 Å². The van der Waals surface area contributed by atoms with Crippen LogP contribution in [-0.4, -0.2) is 163 Å². The van der Waals surface area contributed by atoms with Gasteiger partial charge >= 0.3 is 53.4 Å². The van der Waals surface area contributed by atoms with Crippen molar-refractivity contribution >= 4 is 53.4 Å². The minimum absolute atomic E-state index is 0. The molecule has 0 aromatic rings. The van der Waals surface area contributed by atoms with E-state index in [4.69, 9.17) is 24.0 Å². The number of phosphoric ester groups is 1. The van der Waals surface area contributed by atoms with Crippen molar-refractivity contribution in [3.05, 3.63) is 0 Å². The SMILES string of the molecule is O=P(O)(O)OP(=O)(O)O[C@H]1[C@H](O[C@H]2[C@H](O)[C@@H](O)[C@H](O)O[C@@H]2CO)O[C@H](CO)[C@H](O)[C@@H]1O.[CaH2]. The molecule has 0 spiro atoms. The van der Waals surface area contributed by atoms with Crippen molar-refractivity contribution in [2.75, 3.05) is 13.2 Å². The number of aliphatic hydroxyl groups is 7. The molecule has 17 nitrogen and oxygen atoms in total. The molecular weight excluding hydrogens is 518 g/mol. The minimum atomic E-state index is -5.61. The van der Waals surface area contributed by atoms with Crippen molar-refractivity contribution in [2.24, 2.45) is 0 Å². The van der Waals surface area contributed by atoms with Crippen LogP contribution < -0.4 is 0 Å². The van der Waals surface area contributed by atoms with Crippen molar-refractivity contribution in [1.29, 1.82) is 0 Å². The van der Waals surface area contributed by atoms with E-state index in [2.05, 4.69) is 8.83 Å². The van der Waals surface area contributed by atoms with Crippen LogP contribution >= 0.6 is 15.6 Å². The van der Waals surface area contributed by atoms with Gasteiger partial charge < -0.3 is 64.6 Å². The van der Waals surface area contributed by atoms with Gasteiger partial charge in [-0.25, -0.2) is 9.13 Å². The van der Waals surface area contributed by atoms with Gasteiger partial charge in [0, 0.05) is 0 Å². The Morgan fingerprint density at radius 1 is 0.750 bits per heavy atom. The third-order valence-corrected chi connectivity index (χ3v) is 6.61. The summed E-state index contributed by atoms with van der Waals surface area (Å²) in [4.78, 5) is 27.0. The van der Waals surface area contributed by atoms with Gasteiger partial charge in [0.25, 0.3) is 0 Å². The molecule has 2 fully saturated rings. The third-order valence-electron chi connectivity index (χ3n) is 4.42. The van der Waals surface area contributed by atoms with Crippen LogP contribution in [0.2, 0.25) is 0 Å². The summed E-state index contributed by atoms with van der Waals surface area (Å²) in [6.07, 6.45) is -19.0. The van der Waals surface area contributed by atoms with Gasteiger partial charge in [-0.3, -0.25) is 4.52 Å². The van der Waals surface area contributed by atoms with E-state index in [1.54, 1.807) is 0 Å². The molecule has 0 radical (unpaired) electrons. The fourth-order valence-electron chi connectivity index (χ4n) is 2.98. The van der Waals surface area contributed by atoms with Gasteiger partial charge in [0.05, 0.1) is 13.2 Å². The van der Waals surface area contributed by atoms with E-state index in [0.717, 1.165) is 0 Å². The standard InChI is InChI=1S/C12H24O17P2.Ca.2H/c13-1-3-5(15)6(16)10(28-31(23,24)29-30(20,21)22)12(26-3)27-9-4(2-14)25-11(19)8(18)7(9)17;;;/h3-19H,1-2H2,(H,23,24)(H2,20,21,22);;;/t3-,4-,5+,6+,7-,8-,9-,10-,11-,12+;;;/m1.../s1. The summed E-state index contributed by atoms with van der Waals surface area (Å²) in [7, 11) is -11.2. The number of ether oxygens (including phenoxy) is 3. The van der Waals surface area contributed by atoms with Crippen molar-refractivity contribution in [3.63, 3.8) is 0 Å². The van der Waals surface area contributed by atoms with Crippen molar-refractivity contribution in [2.45, 2.75) is 61.4 Å². The van der Waals surface area contributed by atoms with Gasteiger partial charge in [0.1, 0.15) is 48.8 Å². The van der Waals surface area contributed by atoms with Gasteiger partial charge in [-0.2, -0.15) is 4.31 Å². The van der Waals surface area contributed by atoms with Crippen molar-refractivity contribution in [1.82, 2.24) is 0 Å². The Hall–Kier alpha value is 1.12. The zero-order chi connectivity index (χ0) is 23.7. The Morgan fingerprint density at radius 3 is 1.78 bits per heavy atom. The molecule has 10 N–H and O–H groups in total. The summed E-state index contributed by atoms with van der Waals surface area (Å²) in [5.74, 6) is 0. The van der Waals surface area contributed by atoms with Gasteiger partial charge in [-0.05, 0) is 0 Å². The molecule has 0 bridgehead atoms. The Balaban J connectivity index is 0.00000512. The summed E-state index contributed by atoms with van der Waals surface area (Å²) >= 11 is 0. The zero-order valence-electron chi connectivity index (χ0n) is 15.4. The van der Waals surface area contributed by atoms with E-state index in [1.165, 1.54) is 0 Å². The molecule has 0 aromatic heterocycles. The van der Waals surface area contributed by atoms with Crippen molar-refractivity contribution < 1.29 is 82.6 Å². The summed E-state index contributed by atoms with van der Waals surface area (Å²) in [5, 5.41) is 68.3. The predicted molar refractivity (Wildman–Crippen MR) is 99.0 cm³/mol. The Kier molecular flexibility index (Phi) is 12.1. The molecule has 0 aliphatic carbocycles. The van der Waals surface area contributed by atoms with Gasteiger partial charge in [0.15, 0.2) is 12.6 Å². The van der Waals surface area contributed by atoms with Crippen LogP contribution in [0.3, 0.4) is 0 Å². The summed E-state index contributed by atoms with van der Waals surface area (Å²) < 4.78 is 46.1. The van der Waals surface area contributed by atoms with E-state index in [9.17, 15) is 49.8 Å². The Bertz CT molecular complexity index is 690. The van der Waals surface area contributed by atoms with Crippen LogP contribution in [0.25, 0.3) is 0 Å². The molecule has 11 atom stereocenters. The van der Waals surface area contributed by atoms with Crippen LogP contribution in [0, 0.1) is 0 Å². The molecule has 188 valence electrons. The molecule has 0 amide bonds. The second kappa shape index (κ2) is 12.4. The molecule has 0 saturated carbocycles. The molecule has 32 heavy (non-hydrogen) atoms. The fourth-order valence-corrected chi connectivity index (χ4v) is 4.74. The summed E-state index contributed by atoms with van der Waals surface area (Å²) in [6.45, 7) is -1.78. The molecular formula is C12H26CaO17P2. The molecule has 2 aliphatic heterocycles. The number of rotatable bonds is 8. The number of hydrogen-bond donors (Lipinski definition) is 10. The average molecular weight is 544 g/mol. The second-order valence-corrected chi connectivity index (χ2v) is 9.43. The van der Waals surface area contributed by atoms with E-state index in [-0.39, 0.29) is 37.7 Å². The van der Waals surface area contributed by atoms with E-state index < -0.39 is 90.3 Å². The van der Waals surface area contributed by atoms with E-state index >= 15 is 0 Å². The fraction of sp³-hybridized carbons (Fsp3) is 1.00. The Labute approximate surface area is 209 Å². The topological polar surface area (TPSA) is 283 Å². The quantitative estimate of drug-likeness (QED) is 0.100. The van der Waals surface area contributed by atoms with Crippen LogP contribution in [0.4, 0.5) is 0 Å². The molecule has 2 saturated heterocycles. The number of hydrogen-bond acceptors (Lipinski definition) is 14.